The number of methoxy groups -OCH3 is 1. The average Bonchev–Trinajstić information content (AvgIpc) is 2.66. The van der Waals surface area contributed by atoms with Crippen molar-refractivity contribution >= 4 is 16.7 Å². The minimum absolute atomic E-state index is 0.140. The van der Waals surface area contributed by atoms with Crippen molar-refractivity contribution in [3.05, 3.63) is 71.8 Å². The Morgan fingerprint density at radius 1 is 1.00 bits per heavy atom. The minimum Gasteiger partial charge on any atom is -0.497 e. The highest BCUT2D eigenvalue weighted by molar-refractivity contribution is 5.97. The molecule has 3 aromatic rings. The van der Waals surface area contributed by atoms with E-state index in [9.17, 15) is 4.79 Å². The van der Waals surface area contributed by atoms with Crippen molar-refractivity contribution in [1.82, 2.24) is 5.32 Å². The van der Waals surface area contributed by atoms with Crippen LogP contribution in [0.3, 0.4) is 0 Å². The molecular formula is C21H21NO3. The van der Waals surface area contributed by atoms with Gasteiger partial charge in [-0.15, -0.1) is 0 Å². The van der Waals surface area contributed by atoms with Crippen LogP contribution in [0.5, 0.6) is 11.5 Å². The summed E-state index contributed by atoms with van der Waals surface area (Å²) in [6, 6.07) is 19.3. The molecule has 0 aliphatic carbocycles. The molecule has 0 spiro atoms. The third-order valence-electron chi connectivity index (χ3n) is 4.00. The summed E-state index contributed by atoms with van der Waals surface area (Å²) in [5.41, 5.74) is 1.59. The first-order valence-corrected chi connectivity index (χ1v) is 8.28. The van der Waals surface area contributed by atoms with Gasteiger partial charge in [-0.25, -0.2) is 0 Å². The quantitative estimate of drug-likeness (QED) is 0.735. The average molecular weight is 335 g/mol. The van der Waals surface area contributed by atoms with Crippen LogP contribution in [0.2, 0.25) is 0 Å². The lowest BCUT2D eigenvalue weighted by molar-refractivity contribution is 0.0947. The zero-order valence-electron chi connectivity index (χ0n) is 14.4. The van der Waals surface area contributed by atoms with Gasteiger partial charge in [-0.05, 0) is 53.6 Å². The smallest absolute Gasteiger partial charge is 0.255 e. The number of ether oxygens (including phenoxy) is 2. The van der Waals surface area contributed by atoms with E-state index in [0.29, 0.717) is 24.5 Å². The molecular weight excluding hydrogens is 314 g/mol. The SMILES string of the molecule is CCOc1ccccc1C(=O)NCc1ccc2cc(OC)ccc2c1. The molecule has 1 N–H and O–H groups in total. The number of carbonyl (C=O) groups excluding carboxylic acids is 1. The highest BCUT2D eigenvalue weighted by Crippen LogP contribution is 2.22. The number of rotatable bonds is 6. The van der Waals surface area contributed by atoms with Crippen LogP contribution in [-0.4, -0.2) is 19.6 Å². The second kappa shape index (κ2) is 7.71. The van der Waals surface area contributed by atoms with Crippen molar-refractivity contribution in [2.24, 2.45) is 0 Å². The normalized spacial score (nSPS) is 10.5. The first kappa shape index (κ1) is 16.8. The summed E-state index contributed by atoms with van der Waals surface area (Å²) in [5.74, 6) is 1.30. The topological polar surface area (TPSA) is 47.6 Å². The number of fused-ring (bicyclic) bond motifs is 1. The third kappa shape index (κ3) is 3.91. The molecule has 1 amide bonds. The standard InChI is InChI=1S/C21H21NO3/c1-3-25-20-7-5-4-6-19(20)21(23)22-14-15-8-9-17-13-18(24-2)11-10-16(17)12-15/h4-13H,3,14H2,1-2H3,(H,22,23). The molecule has 128 valence electrons. The molecule has 0 aliphatic heterocycles. The van der Waals surface area contributed by atoms with E-state index in [4.69, 9.17) is 9.47 Å². The van der Waals surface area contributed by atoms with Crippen LogP contribution in [-0.2, 0) is 6.54 Å². The number of nitrogens with one attached hydrogen (secondary N) is 1. The van der Waals surface area contributed by atoms with E-state index in [1.54, 1.807) is 13.2 Å². The number of para-hydroxylation sites is 1. The molecule has 0 fully saturated rings. The first-order chi connectivity index (χ1) is 12.2. The maximum Gasteiger partial charge on any atom is 0.255 e. The lowest BCUT2D eigenvalue weighted by Gasteiger charge is -2.11. The van der Waals surface area contributed by atoms with Gasteiger partial charge in [-0.1, -0.05) is 30.3 Å². The van der Waals surface area contributed by atoms with Crippen molar-refractivity contribution in [1.29, 1.82) is 0 Å². The zero-order chi connectivity index (χ0) is 17.6. The molecule has 0 bridgehead atoms. The summed E-state index contributed by atoms with van der Waals surface area (Å²) in [7, 11) is 1.66. The number of hydrogen-bond donors (Lipinski definition) is 1. The fourth-order valence-corrected chi connectivity index (χ4v) is 2.72. The fraction of sp³-hybridized carbons (Fsp3) is 0.190. The molecule has 3 aromatic carbocycles. The molecule has 4 heteroatoms. The van der Waals surface area contributed by atoms with Crippen LogP contribution in [0.15, 0.2) is 60.7 Å². The second-order valence-electron chi connectivity index (χ2n) is 5.66. The van der Waals surface area contributed by atoms with E-state index in [-0.39, 0.29) is 5.91 Å². The van der Waals surface area contributed by atoms with Crippen molar-refractivity contribution < 1.29 is 14.3 Å². The third-order valence-corrected chi connectivity index (χ3v) is 4.00. The largest absolute Gasteiger partial charge is 0.497 e. The Bertz CT molecular complexity index is 889. The Kier molecular flexibility index (Phi) is 5.19. The van der Waals surface area contributed by atoms with E-state index in [0.717, 1.165) is 22.1 Å². The van der Waals surface area contributed by atoms with Crippen molar-refractivity contribution in [3.8, 4) is 11.5 Å². The van der Waals surface area contributed by atoms with Crippen molar-refractivity contribution in [3.63, 3.8) is 0 Å². The lowest BCUT2D eigenvalue weighted by atomic mass is 10.1. The second-order valence-corrected chi connectivity index (χ2v) is 5.66. The van der Waals surface area contributed by atoms with Crippen LogP contribution >= 0.6 is 0 Å². The number of hydrogen-bond acceptors (Lipinski definition) is 3. The van der Waals surface area contributed by atoms with Gasteiger partial charge in [0, 0.05) is 6.54 Å². The van der Waals surface area contributed by atoms with E-state index >= 15 is 0 Å². The molecule has 4 nitrogen and oxygen atoms in total. The molecule has 0 heterocycles. The molecule has 25 heavy (non-hydrogen) atoms. The van der Waals surface area contributed by atoms with Gasteiger partial charge in [0.1, 0.15) is 11.5 Å². The van der Waals surface area contributed by atoms with Gasteiger partial charge in [0.05, 0.1) is 19.3 Å². The van der Waals surface area contributed by atoms with E-state index in [1.165, 1.54) is 0 Å². The molecule has 0 atom stereocenters. The van der Waals surface area contributed by atoms with Gasteiger partial charge < -0.3 is 14.8 Å². The number of carbonyl (C=O) groups is 1. The molecule has 0 saturated heterocycles. The van der Waals surface area contributed by atoms with Crippen LogP contribution in [0.25, 0.3) is 10.8 Å². The Morgan fingerprint density at radius 3 is 2.56 bits per heavy atom. The fourth-order valence-electron chi connectivity index (χ4n) is 2.72. The van der Waals surface area contributed by atoms with Gasteiger partial charge in [0.15, 0.2) is 0 Å². The van der Waals surface area contributed by atoms with Crippen molar-refractivity contribution in [2.75, 3.05) is 13.7 Å². The molecule has 0 saturated carbocycles. The van der Waals surface area contributed by atoms with Gasteiger partial charge >= 0.3 is 0 Å². The Morgan fingerprint density at radius 2 is 1.76 bits per heavy atom. The van der Waals surface area contributed by atoms with Gasteiger partial charge in [-0.2, -0.15) is 0 Å². The van der Waals surface area contributed by atoms with Crippen LogP contribution in [0.1, 0.15) is 22.8 Å². The Labute approximate surface area is 147 Å². The van der Waals surface area contributed by atoms with E-state index in [2.05, 4.69) is 11.4 Å². The van der Waals surface area contributed by atoms with Crippen LogP contribution < -0.4 is 14.8 Å². The van der Waals surface area contributed by atoms with Gasteiger partial charge in [0.2, 0.25) is 0 Å². The number of amides is 1. The maximum atomic E-state index is 12.5. The van der Waals surface area contributed by atoms with Crippen LogP contribution in [0.4, 0.5) is 0 Å². The predicted octanol–water partition coefficient (Wildman–Crippen LogP) is 4.18. The van der Waals surface area contributed by atoms with Gasteiger partial charge in [-0.3, -0.25) is 4.79 Å². The Balaban J connectivity index is 1.73. The summed E-state index contributed by atoms with van der Waals surface area (Å²) in [4.78, 5) is 12.5. The van der Waals surface area contributed by atoms with Crippen molar-refractivity contribution in [2.45, 2.75) is 13.5 Å². The number of benzene rings is 3. The van der Waals surface area contributed by atoms with E-state index in [1.807, 2.05) is 55.5 Å². The van der Waals surface area contributed by atoms with Crippen LogP contribution in [0, 0.1) is 0 Å². The summed E-state index contributed by atoms with van der Waals surface area (Å²) < 4.78 is 10.8. The summed E-state index contributed by atoms with van der Waals surface area (Å²) in [6.07, 6.45) is 0. The maximum absolute atomic E-state index is 12.5. The molecule has 0 aliphatic rings. The predicted molar refractivity (Wildman–Crippen MR) is 99.3 cm³/mol. The summed E-state index contributed by atoms with van der Waals surface area (Å²) in [5, 5.41) is 5.18. The minimum atomic E-state index is -0.140. The zero-order valence-corrected chi connectivity index (χ0v) is 14.4. The lowest BCUT2D eigenvalue weighted by Crippen LogP contribution is -2.23. The molecule has 0 radical (unpaired) electrons. The summed E-state index contributed by atoms with van der Waals surface area (Å²) >= 11 is 0. The molecule has 0 unspecified atom stereocenters. The molecule has 0 aromatic heterocycles. The van der Waals surface area contributed by atoms with E-state index < -0.39 is 0 Å². The first-order valence-electron chi connectivity index (χ1n) is 8.28. The molecule has 3 rings (SSSR count). The monoisotopic (exact) mass is 335 g/mol. The van der Waals surface area contributed by atoms with Gasteiger partial charge in [0.25, 0.3) is 5.91 Å². The highest BCUT2D eigenvalue weighted by atomic mass is 16.5. The summed E-state index contributed by atoms with van der Waals surface area (Å²) in [6.45, 7) is 2.89. The Hall–Kier alpha value is -3.01. The highest BCUT2D eigenvalue weighted by Gasteiger charge is 2.11.